The maximum Gasteiger partial charge on any atom is 0.265 e. The molecule has 1 fully saturated rings. The lowest BCUT2D eigenvalue weighted by Crippen LogP contribution is -2.39. The van der Waals surface area contributed by atoms with Crippen LogP contribution in [0.25, 0.3) is 0 Å². The number of rotatable bonds is 7. The van der Waals surface area contributed by atoms with Gasteiger partial charge in [0.05, 0.1) is 4.88 Å². The van der Waals surface area contributed by atoms with Crippen molar-refractivity contribution in [2.45, 2.75) is 38.6 Å². The van der Waals surface area contributed by atoms with Crippen LogP contribution in [0.15, 0.2) is 41.8 Å². The first-order valence-corrected chi connectivity index (χ1v) is 10.5. The number of carbonyl (C=O) groups is 2. The van der Waals surface area contributed by atoms with Gasteiger partial charge in [0.1, 0.15) is 0 Å². The molecule has 1 aliphatic rings. The average Bonchev–Trinajstić information content (AvgIpc) is 3.22. The number of hydrogen-bond acceptors (Lipinski definition) is 4. The molecule has 3 rings (SSSR count). The molecule has 27 heavy (non-hydrogen) atoms. The maximum absolute atomic E-state index is 12.3. The summed E-state index contributed by atoms with van der Waals surface area (Å²) in [7, 11) is 0. The molecule has 1 aromatic heterocycles. The molecule has 0 aliphatic carbocycles. The summed E-state index contributed by atoms with van der Waals surface area (Å²) in [5, 5.41) is 7.69. The first-order valence-electron chi connectivity index (χ1n) is 9.60. The lowest BCUT2D eigenvalue weighted by atomic mass is 10.0. The third kappa shape index (κ3) is 5.65. The molecule has 5 nitrogen and oxygen atoms in total. The van der Waals surface area contributed by atoms with Gasteiger partial charge in [0, 0.05) is 30.4 Å². The highest BCUT2D eigenvalue weighted by Crippen LogP contribution is 2.16. The fraction of sp³-hybridized carbons (Fsp3) is 0.429. The Kier molecular flexibility index (Phi) is 7.01. The number of likely N-dealkylation sites (tertiary alicyclic amines) is 1. The zero-order valence-corrected chi connectivity index (χ0v) is 16.6. The number of piperidine rings is 1. The molecule has 2 amide bonds. The summed E-state index contributed by atoms with van der Waals surface area (Å²) in [6, 6.07) is 11.3. The molecular weight excluding hydrogens is 358 g/mol. The monoisotopic (exact) mass is 385 g/mol. The molecule has 0 spiro atoms. The second-order valence-corrected chi connectivity index (χ2v) is 7.95. The Labute approximate surface area is 164 Å². The molecule has 0 unspecified atom stereocenters. The fourth-order valence-electron chi connectivity index (χ4n) is 3.38. The summed E-state index contributed by atoms with van der Waals surface area (Å²) in [6.45, 7) is 5.18. The summed E-state index contributed by atoms with van der Waals surface area (Å²) < 4.78 is 0. The van der Waals surface area contributed by atoms with Gasteiger partial charge >= 0.3 is 0 Å². The van der Waals surface area contributed by atoms with E-state index < -0.39 is 0 Å². The molecule has 2 aromatic rings. The molecule has 2 N–H and O–H groups in total. The van der Waals surface area contributed by atoms with E-state index in [1.165, 1.54) is 37.1 Å². The predicted molar refractivity (Wildman–Crippen MR) is 111 cm³/mol. The van der Waals surface area contributed by atoms with Crippen molar-refractivity contribution in [3.05, 3.63) is 52.2 Å². The van der Waals surface area contributed by atoms with Crippen LogP contribution < -0.4 is 10.6 Å². The van der Waals surface area contributed by atoms with Crippen molar-refractivity contribution in [3.8, 4) is 0 Å². The Balaban J connectivity index is 1.41. The zero-order valence-electron chi connectivity index (χ0n) is 15.7. The molecule has 0 radical (unpaired) electrons. The van der Waals surface area contributed by atoms with Crippen LogP contribution in [-0.2, 0) is 0 Å². The minimum absolute atomic E-state index is 0.0715. The van der Waals surface area contributed by atoms with E-state index in [1.807, 2.05) is 11.4 Å². The van der Waals surface area contributed by atoms with Gasteiger partial charge in [-0.1, -0.05) is 12.5 Å². The van der Waals surface area contributed by atoms with Crippen molar-refractivity contribution < 1.29 is 9.59 Å². The van der Waals surface area contributed by atoms with E-state index in [-0.39, 0.29) is 11.8 Å². The van der Waals surface area contributed by atoms with E-state index in [2.05, 4.69) is 22.5 Å². The Hall–Kier alpha value is -2.18. The van der Waals surface area contributed by atoms with Gasteiger partial charge in [-0.3, -0.25) is 9.59 Å². The zero-order chi connectivity index (χ0) is 19.1. The van der Waals surface area contributed by atoms with E-state index in [1.54, 1.807) is 30.3 Å². The second kappa shape index (κ2) is 9.67. The Morgan fingerprint density at radius 3 is 2.67 bits per heavy atom. The number of nitrogens with zero attached hydrogens (tertiary/aromatic N) is 1. The van der Waals surface area contributed by atoms with Crippen LogP contribution in [-0.4, -0.2) is 42.4 Å². The smallest absolute Gasteiger partial charge is 0.265 e. The largest absolute Gasteiger partial charge is 0.352 e. The van der Waals surface area contributed by atoms with Crippen LogP contribution in [0, 0.1) is 0 Å². The third-order valence-corrected chi connectivity index (χ3v) is 5.87. The SMILES string of the molecule is C[C@H]1CCCCN1CCCNC(=O)c1ccc(NC(=O)c2cccs2)cc1. The minimum atomic E-state index is -0.130. The number of carbonyl (C=O) groups excluding carboxylic acids is 2. The summed E-state index contributed by atoms with van der Waals surface area (Å²) in [6.07, 6.45) is 4.86. The second-order valence-electron chi connectivity index (χ2n) is 7.00. The van der Waals surface area contributed by atoms with Crippen LogP contribution in [0.4, 0.5) is 5.69 Å². The van der Waals surface area contributed by atoms with E-state index >= 15 is 0 Å². The van der Waals surface area contributed by atoms with E-state index in [9.17, 15) is 9.59 Å². The molecule has 6 heteroatoms. The highest BCUT2D eigenvalue weighted by molar-refractivity contribution is 7.12. The molecule has 0 saturated carbocycles. The third-order valence-electron chi connectivity index (χ3n) is 5.00. The fourth-order valence-corrected chi connectivity index (χ4v) is 4.00. The van der Waals surface area contributed by atoms with Crippen molar-refractivity contribution in [2.75, 3.05) is 25.0 Å². The number of anilines is 1. The van der Waals surface area contributed by atoms with Gasteiger partial charge in [-0.2, -0.15) is 0 Å². The molecule has 1 saturated heterocycles. The van der Waals surface area contributed by atoms with Gasteiger partial charge in [0.25, 0.3) is 11.8 Å². The first kappa shape index (κ1) is 19.6. The molecule has 0 bridgehead atoms. The van der Waals surface area contributed by atoms with Gasteiger partial charge in [0.2, 0.25) is 0 Å². The van der Waals surface area contributed by atoms with Crippen LogP contribution in [0.2, 0.25) is 0 Å². The molecule has 1 aromatic carbocycles. The summed E-state index contributed by atoms with van der Waals surface area (Å²) in [4.78, 5) is 27.5. The molecule has 2 heterocycles. The average molecular weight is 386 g/mol. The lowest BCUT2D eigenvalue weighted by molar-refractivity contribution is 0.0948. The van der Waals surface area contributed by atoms with Crippen molar-refractivity contribution >= 4 is 28.8 Å². The van der Waals surface area contributed by atoms with Crippen molar-refractivity contribution in [2.24, 2.45) is 0 Å². The lowest BCUT2D eigenvalue weighted by Gasteiger charge is -2.33. The van der Waals surface area contributed by atoms with Crippen molar-refractivity contribution in [1.82, 2.24) is 10.2 Å². The Bertz CT molecular complexity index is 743. The van der Waals surface area contributed by atoms with Gasteiger partial charge in [0.15, 0.2) is 0 Å². The standard InChI is InChI=1S/C21H27N3O2S/c1-16-6-2-3-13-24(16)14-5-12-22-20(25)17-8-10-18(11-9-17)23-21(26)19-7-4-15-27-19/h4,7-11,15-16H,2-3,5-6,12-14H2,1H3,(H,22,25)(H,23,26)/t16-/m0/s1. The van der Waals surface area contributed by atoms with E-state index in [0.717, 1.165) is 13.0 Å². The van der Waals surface area contributed by atoms with Crippen LogP contribution in [0.3, 0.4) is 0 Å². The number of nitrogens with one attached hydrogen (secondary N) is 2. The Morgan fingerprint density at radius 1 is 1.15 bits per heavy atom. The number of thiophene rings is 1. The first-order chi connectivity index (χ1) is 13.1. The molecule has 1 atom stereocenters. The predicted octanol–water partition coefficient (Wildman–Crippen LogP) is 3.99. The van der Waals surface area contributed by atoms with E-state index in [4.69, 9.17) is 0 Å². The van der Waals surface area contributed by atoms with Gasteiger partial charge in [-0.05, 0) is 68.4 Å². The van der Waals surface area contributed by atoms with Gasteiger partial charge in [-0.15, -0.1) is 11.3 Å². The maximum atomic E-state index is 12.3. The topological polar surface area (TPSA) is 61.4 Å². The van der Waals surface area contributed by atoms with Crippen LogP contribution in [0.5, 0.6) is 0 Å². The number of benzene rings is 1. The summed E-state index contributed by atoms with van der Waals surface area (Å²) in [5.74, 6) is -0.202. The summed E-state index contributed by atoms with van der Waals surface area (Å²) in [5.41, 5.74) is 1.29. The van der Waals surface area contributed by atoms with E-state index in [0.29, 0.717) is 28.7 Å². The van der Waals surface area contributed by atoms with Crippen molar-refractivity contribution in [3.63, 3.8) is 0 Å². The normalized spacial score (nSPS) is 17.4. The molecule has 144 valence electrons. The molecule has 1 aliphatic heterocycles. The van der Waals surface area contributed by atoms with Gasteiger partial charge in [-0.25, -0.2) is 0 Å². The van der Waals surface area contributed by atoms with Crippen LogP contribution >= 0.6 is 11.3 Å². The van der Waals surface area contributed by atoms with Gasteiger partial charge < -0.3 is 15.5 Å². The molecular formula is C21H27N3O2S. The quantitative estimate of drug-likeness (QED) is 0.709. The number of hydrogen-bond donors (Lipinski definition) is 2. The van der Waals surface area contributed by atoms with Crippen LogP contribution in [0.1, 0.15) is 52.6 Å². The number of amides is 2. The summed E-state index contributed by atoms with van der Waals surface area (Å²) >= 11 is 1.40. The Morgan fingerprint density at radius 2 is 1.96 bits per heavy atom. The highest BCUT2D eigenvalue weighted by atomic mass is 32.1. The van der Waals surface area contributed by atoms with Crippen molar-refractivity contribution in [1.29, 1.82) is 0 Å². The minimum Gasteiger partial charge on any atom is -0.352 e. The highest BCUT2D eigenvalue weighted by Gasteiger charge is 2.17.